The van der Waals surface area contributed by atoms with Crippen molar-refractivity contribution in [2.24, 2.45) is 5.73 Å². The number of carbonyl (C=O) groups is 1. The average Bonchev–Trinajstić information content (AvgIpc) is 2.38. The van der Waals surface area contributed by atoms with Crippen LogP contribution in [0.15, 0.2) is 18.2 Å². The highest BCUT2D eigenvalue weighted by Crippen LogP contribution is 2.29. The van der Waals surface area contributed by atoms with Crippen molar-refractivity contribution in [3.8, 4) is 5.75 Å². The van der Waals surface area contributed by atoms with Crippen molar-refractivity contribution in [1.29, 1.82) is 0 Å². The van der Waals surface area contributed by atoms with Crippen molar-refractivity contribution in [3.63, 3.8) is 0 Å². The third kappa shape index (κ3) is 3.42. The molecule has 1 aromatic carbocycles. The summed E-state index contributed by atoms with van der Waals surface area (Å²) < 4.78 is 0. The molecule has 0 saturated carbocycles. The summed E-state index contributed by atoms with van der Waals surface area (Å²) in [5, 5.41) is 13.0. The van der Waals surface area contributed by atoms with Gasteiger partial charge in [0.2, 0.25) is 5.91 Å². The first kappa shape index (κ1) is 14.7. The molecule has 1 heterocycles. The monoisotopic (exact) mass is 277 g/mol. The van der Waals surface area contributed by atoms with E-state index in [-0.39, 0.29) is 23.7 Å². The molecule has 1 atom stereocenters. The van der Waals surface area contributed by atoms with Crippen molar-refractivity contribution < 1.29 is 9.90 Å². The first-order valence-electron chi connectivity index (χ1n) is 7.08. The Hall–Kier alpha value is -1.75. The smallest absolute Gasteiger partial charge is 0.217 e. The summed E-state index contributed by atoms with van der Waals surface area (Å²) in [6.07, 6.45) is 1.85. The minimum absolute atomic E-state index is 0.0300. The normalized spacial score (nSPS) is 17.9. The van der Waals surface area contributed by atoms with Crippen molar-refractivity contribution in [2.45, 2.75) is 38.8 Å². The van der Waals surface area contributed by atoms with E-state index in [9.17, 15) is 9.90 Å². The highest BCUT2D eigenvalue weighted by atomic mass is 16.3. The second-order valence-electron chi connectivity index (χ2n) is 5.49. The molecular weight excluding hydrogens is 254 g/mol. The molecule has 1 fully saturated rings. The van der Waals surface area contributed by atoms with Gasteiger partial charge in [-0.05, 0) is 25.8 Å². The lowest BCUT2D eigenvalue weighted by molar-refractivity contribution is -0.119. The molecule has 110 valence electrons. The average molecular weight is 277 g/mol. The van der Waals surface area contributed by atoms with Crippen LogP contribution >= 0.6 is 0 Å². The zero-order chi connectivity index (χ0) is 14.7. The summed E-state index contributed by atoms with van der Waals surface area (Å²) in [6, 6.07) is 5.75. The van der Waals surface area contributed by atoms with Crippen molar-refractivity contribution in [3.05, 3.63) is 23.8 Å². The van der Waals surface area contributed by atoms with E-state index < -0.39 is 0 Å². The van der Waals surface area contributed by atoms with Crippen LogP contribution in [0, 0.1) is 0 Å². The summed E-state index contributed by atoms with van der Waals surface area (Å²) in [5.41, 5.74) is 7.57. The van der Waals surface area contributed by atoms with Crippen LogP contribution in [0.1, 0.15) is 38.3 Å². The van der Waals surface area contributed by atoms with Gasteiger partial charge in [-0.3, -0.25) is 4.79 Å². The SMILES string of the molecule is CC(=O)NC1CCN(c2ccc(C(C)N)c(O)c2)CC1. The fourth-order valence-corrected chi connectivity index (χ4v) is 2.68. The van der Waals surface area contributed by atoms with E-state index in [1.165, 1.54) is 0 Å². The van der Waals surface area contributed by atoms with Gasteiger partial charge in [-0.1, -0.05) is 6.07 Å². The van der Waals surface area contributed by atoms with Gasteiger partial charge in [0.25, 0.3) is 0 Å². The van der Waals surface area contributed by atoms with E-state index in [1.54, 1.807) is 13.0 Å². The minimum atomic E-state index is -0.172. The number of phenolic OH excluding ortho intramolecular Hbond substituents is 1. The Morgan fingerprint density at radius 2 is 2.10 bits per heavy atom. The molecule has 0 aromatic heterocycles. The van der Waals surface area contributed by atoms with E-state index in [1.807, 2.05) is 19.1 Å². The largest absolute Gasteiger partial charge is 0.508 e. The molecule has 2 rings (SSSR count). The number of anilines is 1. The lowest BCUT2D eigenvalue weighted by atomic mass is 10.0. The maximum absolute atomic E-state index is 11.0. The van der Waals surface area contributed by atoms with E-state index >= 15 is 0 Å². The number of nitrogens with two attached hydrogens (primary N) is 1. The van der Waals surface area contributed by atoms with Crippen LogP contribution in [0.2, 0.25) is 0 Å². The summed E-state index contributed by atoms with van der Waals surface area (Å²) >= 11 is 0. The van der Waals surface area contributed by atoms with E-state index in [4.69, 9.17) is 5.73 Å². The van der Waals surface area contributed by atoms with E-state index in [0.717, 1.165) is 37.2 Å². The fraction of sp³-hybridized carbons (Fsp3) is 0.533. The summed E-state index contributed by atoms with van der Waals surface area (Å²) in [5.74, 6) is 0.281. The van der Waals surface area contributed by atoms with Gasteiger partial charge in [-0.2, -0.15) is 0 Å². The van der Waals surface area contributed by atoms with Crippen LogP contribution in [-0.2, 0) is 4.79 Å². The van der Waals surface area contributed by atoms with Gasteiger partial charge in [0.15, 0.2) is 0 Å². The number of amides is 1. The van der Waals surface area contributed by atoms with Gasteiger partial charge in [-0.25, -0.2) is 0 Å². The topological polar surface area (TPSA) is 78.6 Å². The number of hydrogen-bond acceptors (Lipinski definition) is 4. The molecule has 1 amide bonds. The molecule has 5 nitrogen and oxygen atoms in total. The molecule has 1 aliphatic heterocycles. The molecule has 0 bridgehead atoms. The molecule has 1 aromatic rings. The lowest BCUT2D eigenvalue weighted by Gasteiger charge is -2.34. The third-order valence-electron chi connectivity index (χ3n) is 3.77. The predicted molar refractivity (Wildman–Crippen MR) is 79.8 cm³/mol. The maximum atomic E-state index is 11.0. The molecule has 20 heavy (non-hydrogen) atoms. The van der Waals surface area contributed by atoms with Gasteiger partial charge in [-0.15, -0.1) is 0 Å². The first-order valence-corrected chi connectivity index (χ1v) is 7.08. The number of nitrogens with one attached hydrogen (secondary N) is 1. The Labute approximate surface area is 119 Å². The number of benzene rings is 1. The Morgan fingerprint density at radius 3 is 2.60 bits per heavy atom. The molecule has 0 spiro atoms. The second-order valence-corrected chi connectivity index (χ2v) is 5.49. The van der Waals surface area contributed by atoms with Crippen LogP contribution in [-0.4, -0.2) is 30.1 Å². The number of rotatable bonds is 3. The fourth-order valence-electron chi connectivity index (χ4n) is 2.68. The van der Waals surface area contributed by atoms with Crippen LogP contribution in [0.5, 0.6) is 5.75 Å². The van der Waals surface area contributed by atoms with Crippen molar-refractivity contribution in [1.82, 2.24) is 5.32 Å². The van der Waals surface area contributed by atoms with Gasteiger partial charge in [0.1, 0.15) is 5.75 Å². The Bertz CT molecular complexity index is 480. The van der Waals surface area contributed by atoms with Crippen LogP contribution < -0.4 is 16.0 Å². The van der Waals surface area contributed by atoms with Crippen molar-refractivity contribution in [2.75, 3.05) is 18.0 Å². The van der Waals surface area contributed by atoms with Gasteiger partial charge < -0.3 is 21.1 Å². The predicted octanol–water partition coefficient (Wildman–Crippen LogP) is 1.52. The highest BCUT2D eigenvalue weighted by Gasteiger charge is 2.20. The highest BCUT2D eigenvalue weighted by molar-refractivity contribution is 5.73. The minimum Gasteiger partial charge on any atom is -0.508 e. The zero-order valence-corrected chi connectivity index (χ0v) is 12.1. The summed E-state index contributed by atoms with van der Waals surface area (Å²) in [4.78, 5) is 13.3. The lowest BCUT2D eigenvalue weighted by Crippen LogP contribution is -2.44. The quantitative estimate of drug-likeness (QED) is 0.782. The summed E-state index contributed by atoms with van der Waals surface area (Å²) in [7, 11) is 0. The molecule has 4 N–H and O–H groups in total. The maximum Gasteiger partial charge on any atom is 0.217 e. The van der Waals surface area contributed by atoms with Crippen LogP contribution in [0.25, 0.3) is 0 Å². The molecule has 1 unspecified atom stereocenters. The van der Waals surface area contributed by atoms with Gasteiger partial charge >= 0.3 is 0 Å². The number of hydrogen-bond donors (Lipinski definition) is 3. The van der Waals surface area contributed by atoms with Crippen LogP contribution in [0.4, 0.5) is 5.69 Å². The number of piperidine rings is 1. The number of aromatic hydroxyl groups is 1. The molecule has 1 saturated heterocycles. The van der Waals surface area contributed by atoms with Crippen molar-refractivity contribution >= 4 is 11.6 Å². The molecule has 0 radical (unpaired) electrons. The number of nitrogens with zero attached hydrogens (tertiary/aromatic N) is 1. The molecular formula is C15H23N3O2. The van der Waals surface area contributed by atoms with Gasteiger partial charge in [0.05, 0.1) is 0 Å². The van der Waals surface area contributed by atoms with Crippen LogP contribution in [0.3, 0.4) is 0 Å². The summed E-state index contributed by atoms with van der Waals surface area (Å²) in [6.45, 7) is 5.16. The number of phenols is 1. The molecule has 0 aliphatic carbocycles. The van der Waals surface area contributed by atoms with Gasteiger partial charge in [0, 0.05) is 49.4 Å². The second kappa shape index (κ2) is 6.13. The van der Waals surface area contributed by atoms with E-state index in [0.29, 0.717) is 0 Å². The first-order chi connectivity index (χ1) is 9.47. The molecule has 5 heteroatoms. The standard InChI is InChI=1S/C15H23N3O2/c1-10(16)14-4-3-13(9-15(14)20)18-7-5-12(6-8-18)17-11(2)19/h3-4,9-10,12,20H,5-8,16H2,1-2H3,(H,17,19). The van der Waals surface area contributed by atoms with E-state index in [2.05, 4.69) is 10.2 Å². The Balaban J connectivity index is 2.00. The Kier molecular flexibility index (Phi) is 4.49. The molecule has 1 aliphatic rings. The number of carbonyl (C=O) groups excluding carboxylic acids is 1. The zero-order valence-electron chi connectivity index (χ0n) is 12.1. The third-order valence-corrected chi connectivity index (χ3v) is 3.77. The Morgan fingerprint density at radius 1 is 1.45 bits per heavy atom.